The highest BCUT2D eigenvalue weighted by molar-refractivity contribution is 7.09. The van der Waals surface area contributed by atoms with Gasteiger partial charge in [0.25, 0.3) is 0 Å². The number of thiophene rings is 1. The summed E-state index contributed by atoms with van der Waals surface area (Å²) in [5.74, 6) is -0.0461. The quantitative estimate of drug-likeness (QED) is 0.815. The maximum absolute atomic E-state index is 12.0. The molecule has 0 radical (unpaired) electrons. The van der Waals surface area contributed by atoms with Crippen LogP contribution in [0.15, 0.2) is 17.5 Å². The Morgan fingerprint density at radius 2 is 2.24 bits per heavy atom. The molecule has 1 saturated carbocycles. The van der Waals surface area contributed by atoms with Gasteiger partial charge < -0.3 is 5.32 Å². The zero-order valence-electron chi connectivity index (χ0n) is 9.39. The van der Waals surface area contributed by atoms with Crippen molar-refractivity contribution >= 4 is 23.2 Å². The van der Waals surface area contributed by atoms with Crippen molar-refractivity contribution in [3.8, 4) is 0 Å². The monoisotopic (exact) mass is 250 g/mol. The Bertz CT molecular complexity index is 439. The number of nitrogens with zero attached hydrogens (tertiary/aromatic N) is 1. The van der Waals surface area contributed by atoms with Crippen molar-refractivity contribution in [3.05, 3.63) is 22.4 Å². The van der Waals surface area contributed by atoms with Crippen LogP contribution in [-0.4, -0.2) is 28.8 Å². The second kappa shape index (κ2) is 4.23. The van der Waals surface area contributed by atoms with E-state index < -0.39 is 0 Å². The van der Waals surface area contributed by atoms with Crippen molar-refractivity contribution in [1.82, 2.24) is 10.2 Å². The molecule has 1 aromatic heterocycles. The first-order valence-electron chi connectivity index (χ1n) is 5.87. The third-order valence-electron chi connectivity index (χ3n) is 3.20. The second-order valence-electron chi connectivity index (χ2n) is 4.55. The van der Waals surface area contributed by atoms with Crippen molar-refractivity contribution in [1.29, 1.82) is 0 Å². The van der Waals surface area contributed by atoms with Gasteiger partial charge in [0.2, 0.25) is 11.8 Å². The minimum absolute atomic E-state index is 0.0128. The highest BCUT2D eigenvalue weighted by Gasteiger charge is 2.45. The van der Waals surface area contributed by atoms with E-state index in [1.807, 2.05) is 17.5 Å². The Morgan fingerprint density at radius 3 is 2.88 bits per heavy atom. The number of hydrogen-bond acceptors (Lipinski definition) is 4. The zero-order valence-corrected chi connectivity index (χ0v) is 10.2. The fraction of sp³-hybridized carbons (Fsp3) is 0.500. The van der Waals surface area contributed by atoms with Gasteiger partial charge in [0.15, 0.2) is 0 Å². The number of rotatable bonds is 4. The van der Waals surface area contributed by atoms with Crippen LogP contribution in [0, 0.1) is 0 Å². The summed E-state index contributed by atoms with van der Waals surface area (Å²) >= 11 is 1.66. The van der Waals surface area contributed by atoms with E-state index in [-0.39, 0.29) is 23.9 Å². The van der Waals surface area contributed by atoms with Crippen molar-refractivity contribution < 1.29 is 9.59 Å². The summed E-state index contributed by atoms with van der Waals surface area (Å²) < 4.78 is 0. The van der Waals surface area contributed by atoms with Gasteiger partial charge in [-0.2, -0.15) is 0 Å². The molecule has 1 aliphatic heterocycles. The first kappa shape index (κ1) is 10.9. The highest BCUT2D eigenvalue weighted by atomic mass is 32.1. The summed E-state index contributed by atoms with van der Waals surface area (Å²) in [5.41, 5.74) is 0. The van der Waals surface area contributed by atoms with Crippen molar-refractivity contribution in [2.75, 3.05) is 0 Å². The molecule has 0 spiro atoms. The smallest absolute Gasteiger partial charge is 0.247 e. The van der Waals surface area contributed by atoms with E-state index in [4.69, 9.17) is 0 Å². The molecule has 1 saturated heterocycles. The van der Waals surface area contributed by atoms with E-state index in [9.17, 15) is 9.59 Å². The van der Waals surface area contributed by atoms with Crippen LogP contribution >= 0.6 is 11.3 Å². The lowest BCUT2D eigenvalue weighted by Gasteiger charge is -2.13. The maximum atomic E-state index is 12.0. The van der Waals surface area contributed by atoms with Crippen molar-refractivity contribution in [3.63, 3.8) is 0 Å². The van der Waals surface area contributed by atoms with E-state index in [0.717, 1.165) is 12.8 Å². The van der Waals surface area contributed by atoms with Gasteiger partial charge in [-0.3, -0.25) is 14.5 Å². The molecule has 1 unspecified atom stereocenters. The molecule has 1 N–H and O–H groups in total. The van der Waals surface area contributed by atoms with Gasteiger partial charge in [-0.15, -0.1) is 11.3 Å². The number of carbonyl (C=O) groups is 2. The number of amides is 2. The molecular formula is C12H14N2O2S. The van der Waals surface area contributed by atoms with Crippen LogP contribution in [0.2, 0.25) is 0 Å². The minimum Gasteiger partial charge on any atom is -0.300 e. The van der Waals surface area contributed by atoms with Crippen molar-refractivity contribution in [2.24, 2.45) is 0 Å². The topological polar surface area (TPSA) is 49.4 Å². The molecule has 0 bridgehead atoms. The largest absolute Gasteiger partial charge is 0.300 e. The van der Waals surface area contributed by atoms with Crippen LogP contribution in [0.3, 0.4) is 0 Å². The lowest BCUT2D eigenvalue weighted by atomic mass is 10.2. The summed E-state index contributed by atoms with van der Waals surface area (Å²) in [6, 6.07) is 3.89. The normalized spacial score (nSPS) is 24.7. The molecule has 2 aliphatic rings. The minimum atomic E-state index is -0.315. The van der Waals surface area contributed by atoms with Crippen LogP contribution < -0.4 is 5.32 Å². The Labute approximate surface area is 104 Å². The summed E-state index contributed by atoms with van der Waals surface area (Å²) in [6.45, 7) is 0.667. The molecular weight excluding hydrogens is 236 g/mol. The van der Waals surface area contributed by atoms with Crippen molar-refractivity contribution in [2.45, 2.75) is 37.9 Å². The van der Waals surface area contributed by atoms with Gasteiger partial charge in [0, 0.05) is 17.5 Å². The number of imide groups is 1. The maximum Gasteiger partial charge on any atom is 0.247 e. The van der Waals surface area contributed by atoms with Gasteiger partial charge in [-0.05, 0) is 24.3 Å². The molecule has 4 nitrogen and oxygen atoms in total. The Balaban J connectivity index is 1.61. The average Bonchev–Trinajstić information content (AvgIpc) is 2.90. The van der Waals surface area contributed by atoms with Gasteiger partial charge in [-0.1, -0.05) is 6.07 Å². The Kier molecular flexibility index (Phi) is 2.72. The molecule has 1 atom stereocenters. The van der Waals surface area contributed by atoms with E-state index in [1.165, 1.54) is 9.78 Å². The Hall–Kier alpha value is -1.20. The number of hydrogen-bond donors (Lipinski definition) is 1. The van der Waals surface area contributed by atoms with Gasteiger partial charge in [0.1, 0.15) is 0 Å². The fourth-order valence-corrected chi connectivity index (χ4v) is 2.82. The summed E-state index contributed by atoms with van der Waals surface area (Å²) in [4.78, 5) is 26.4. The van der Waals surface area contributed by atoms with Crippen LogP contribution in [0.25, 0.3) is 0 Å². The predicted molar refractivity (Wildman–Crippen MR) is 64.4 cm³/mol. The van der Waals surface area contributed by atoms with E-state index >= 15 is 0 Å². The first-order chi connectivity index (χ1) is 8.25. The molecule has 1 aromatic rings. The average molecular weight is 250 g/mol. The van der Waals surface area contributed by atoms with Gasteiger partial charge >= 0.3 is 0 Å². The van der Waals surface area contributed by atoms with E-state index in [2.05, 4.69) is 5.32 Å². The fourth-order valence-electron chi connectivity index (χ4n) is 2.16. The third-order valence-corrected chi connectivity index (χ3v) is 4.07. The Morgan fingerprint density at radius 1 is 1.41 bits per heavy atom. The van der Waals surface area contributed by atoms with Crippen LogP contribution in [0.1, 0.15) is 24.1 Å². The molecule has 3 rings (SSSR count). The first-order valence-corrected chi connectivity index (χ1v) is 6.75. The van der Waals surface area contributed by atoms with Gasteiger partial charge in [0.05, 0.1) is 12.5 Å². The second-order valence-corrected chi connectivity index (χ2v) is 5.58. The predicted octanol–water partition coefficient (Wildman–Crippen LogP) is 1.13. The number of nitrogens with one attached hydrogen (secondary N) is 1. The summed E-state index contributed by atoms with van der Waals surface area (Å²) in [6.07, 6.45) is 2.28. The SMILES string of the molecule is O=C1CC(NCc2cccs2)C(=O)N1C1CC1. The van der Waals surface area contributed by atoms with Crippen LogP contribution in [0.4, 0.5) is 0 Å². The molecule has 2 fully saturated rings. The van der Waals surface area contributed by atoms with Crippen LogP contribution in [-0.2, 0) is 16.1 Å². The third kappa shape index (κ3) is 2.12. The number of carbonyl (C=O) groups excluding carboxylic acids is 2. The zero-order chi connectivity index (χ0) is 11.8. The standard InChI is InChI=1S/C12H14N2O2S/c15-11-6-10(12(16)14(11)8-3-4-8)13-7-9-2-1-5-17-9/h1-2,5,8,10,13H,3-4,6-7H2. The summed E-state index contributed by atoms with van der Waals surface area (Å²) in [5, 5.41) is 5.18. The molecule has 17 heavy (non-hydrogen) atoms. The molecule has 2 heterocycles. The van der Waals surface area contributed by atoms with Crippen LogP contribution in [0.5, 0.6) is 0 Å². The molecule has 0 aromatic carbocycles. The number of likely N-dealkylation sites (tertiary alicyclic amines) is 1. The molecule has 90 valence electrons. The van der Waals surface area contributed by atoms with Gasteiger partial charge in [-0.25, -0.2) is 0 Å². The highest BCUT2D eigenvalue weighted by Crippen LogP contribution is 2.31. The molecule has 2 amide bonds. The van der Waals surface area contributed by atoms with E-state index in [0.29, 0.717) is 13.0 Å². The summed E-state index contributed by atoms with van der Waals surface area (Å²) in [7, 11) is 0. The molecule has 5 heteroatoms. The van der Waals surface area contributed by atoms with E-state index in [1.54, 1.807) is 11.3 Å². The lowest BCUT2D eigenvalue weighted by molar-refractivity contribution is -0.139. The lowest BCUT2D eigenvalue weighted by Crippen LogP contribution is -2.39. The molecule has 1 aliphatic carbocycles.